The number of fused-ring (bicyclic) bond motifs is 2. The van der Waals surface area contributed by atoms with Crippen molar-refractivity contribution in [3.63, 3.8) is 0 Å². The monoisotopic (exact) mass is 584 g/mol. The number of carbonyl (C=O) groups excluding carboxylic acids is 6. The van der Waals surface area contributed by atoms with E-state index in [-0.39, 0.29) is 49.8 Å². The van der Waals surface area contributed by atoms with Crippen LogP contribution in [0.1, 0.15) is 36.8 Å². The Bertz CT molecular complexity index is 1160. The number of nitrogens with zero attached hydrogens (tertiary/aromatic N) is 4. The minimum Gasteiger partial charge on any atom is -0.394 e. The predicted molar refractivity (Wildman–Crippen MR) is 145 cm³/mol. The van der Waals surface area contributed by atoms with Gasteiger partial charge in [0.15, 0.2) is 0 Å². The number of nitrogens with one attached hydrogen (secondary N) is 2. The highest BCUT2D eigenvalue weighted by molar-refractivity contribution is 6.00. The summed E-state index contributed by atoms with van der Waals surface area (Å²) >= 11 is 0. The van der Waals surface area contributed by atoms with Gasteiger partial charge in [-0.3, -0.25) is 28.8 Å². The van der Waals surface area contributed by atoms with Crippen LogP contribution in [0.4, 0.5) is 0 Å². The van der Waals surface area contributed by atoms with Gasteiger partial charge in [0.25, 0.3) is 0 Å². The first-order chi connectivity index (χ1) is 20.2. The third kappa shape index (κ3) is 5.68. The zero-order valence-electron chi connectivity index (χ0n) is 23.2. The van der Waals surface area contributed by atoms with Crippen LogP contribution in [-0.2, 0) is 41.9 Å². The number of rotatable bonds is 10. The molecular formula is C28H36N6O8. The zero-order chi connectivity index (χ0) is 30.0. The minimum absolute atomic E-state index is 0.173. The standard InChI is InChI=1S/C28H36N6O8/c35-15-21-27(41)31-9-1-3-19(31)25(39)33(21)13-23(37)29-11-17-5-7-18(8-6-17)12-30-24(38)14-34-22(16-36)28(42)32-10-2-4-20(32)26(34)40/h5-8,19-22,35-36H,1-4,9-16H2,(H,29,37)(H,30,38)/t19-,20-,21-,22-/m0/s1. The van der Waals surface area contributed by atoms with Gasteiger partial charge < -0.3 is 40.4 Å². The molecule has 1 aromatic carbocycles. The fourth-order valence-corrected chi connectivity index (χ4v) is 6.24. The van der Waals surface area contributed by atoms with Gasteiger partial charge >= 0.3 is 0 Å². The van der Waals surface area contributed by atoms with Crippen molar-refractivity contribution in [3.05, 3.63) is 35.4 Å². The maximum atomic E-state index is 12.9. The van der Waals surface area contributed by atoms with Crippen LogP contribution in [0.15, 0.2) is 24.3 Å². The first-order valence-electron chi connectivity index (χ1n) is 14.3. The Labute approximate surface area is 242 Å². The van der Waals surface area contributed by atoms with Crippen molar-refractivity contribution >= 4 is 35.4 Å². The summed E-state index contributed by atoms with van der Waals surface area (Å²) in [4.78, 5) is 81.6. The van der Waals surface area contributed by atoms with Crippen molar-refractivity contribution in [3.8, 4) is 0 Å². The molecule has 0 saturated carbocycles. The Hall–Kier alpha value is -4.04. The zero-order valence-corrected chi connectivity index (χ0v) is 23.2. The summed E-state index contributed by atoms with van der Waals surface area (Å²) in [5.41, 5.74) is 1.54. The Kier molecular flexibility index (Phi) is 8.73. The second-order valence-corrected chi connectivity index (χ2v) is 11.1. The van der Waals surface area contributed by atoms with E-state index in [0.717, 1.165) is 20.9 Å². The molecule has 4 atom stereocenters. The van der Waals surface area contributed by atoms with Gasteiger partial charge in [-0.1, -0.05) is 24.3 Å². The molecule has 0 spiro atoms. The Morgan fingerprint density at radius 1 is 0.667 bits per heavy atom. The molecule has 4 N–H and O–H groups in total. The molecule has 42 heavy (non-hydrogen) atoms. The van der Waals surface area contributed by atoms with Crippen LogP contribution in [0.25, 0.3) is 0 Å². The second kappa shape index (κ2) is 12.4. The lowest BCUT2D eigenvalue weighted by atomic mass is 10.1. The molecule has 14 heteroatoms. The number of carbonyl (C=O) groups is 6. The lowest BCUT2D eigenvalue weighted by Gasteiger charge is -2.41. The van der Waals surface area contributed by atoms with Crippen LogP contribution < -0.4 is 10.6 Å². The van der Waals surface area contributed by atoms with Gasteiger partial charge in [-0.05, 0) is 36.8 Å². The molecule has 4 fully saturated rings. The summed E-state index contributed by atoms with van der Waals surface area (Å²) in [5, 5.41) is 24.9. The normalized spacial score (nSPS) is 25.6. The maximum Gasteiger partial charge on any atom is 0.248 e. The number of hydrogen-bond donors (Lipinski definition) is 4. The summed E-state index contributed by atoms with van der Waals surface area (Å²) < 4.78 is 0. The highest BCUT2D eigenvalue weighted by atomic mass is 16.3. The van der Waals surface area contributed by atoms with Crippen molar-refractivity contribution in [1.82, 2.24) is 30.2 Å². The fourth-order valence-electron chi connectivity index (χ4n) is 6.24. The van der Waals surface area contributed by atoms with Crippen molar-refractivity contribution < 1.29 is 39.0 Å². The summed E-state index contributed by atoms with van der Waals surface area (Å²) in [7, 11) is 0. The molecule has 14 nitrogen and oxygen atoms in total. The van der Waals surface area contributed by atoms with Crippen LogP contribution in [0, 0.1) is 0 Å². The Morgan fingerprint density at radius 2 is 1.05 bits per heavy atom. The van der Waals surface area contributed by atoms with Crippen LogP contribution in [0.2, 0.25) is 0 Å². The fraction of sp³-hybridized carbons (Fsp3) is 0.571. The molecule has 4 heterocycles. The molecule has 0 bridgehead atoms. The largest absolute Gasteiger partial charge is 0.394 e. The Balaban J connectivity index is 1.09. The quantitative estimate of drug-likeness (QED) is 0.229. The van der Waals surface area contributed by atoms with Gasteiger partial charge in [-0.25, -0.2) is 0 Å². The molecule has 1 aromatic rings. The third-order valence-electron chi connectivity index (χ3n) is 8.51. The van der Waals surface area contributed by atoms with E-state index < -0.39 is 49.2 Å². The highest BCUT2D eigenvalue weighted by Crippen LogP contribution is 2.28. The average Bonchev–Trinajstić information content (AvgIpc) is 3.68. The van der Waals surface area contributed by atoms with Crippen LogP contribution in [-0.4, -0.2) is 129 Å². The van der Waals surface area contributed by atoms with Crippen molar-refractivity contribution in [1.29, 1.82) is 0 Å². The second-order valence-electron chi connectivity index (χ2n) is 11.1. The molecule has 5 rings (SSSR count). The van der Waals surface area contributed by atoms with E-state index in [1.165, 1.54) is 9.80 Å². The van der Waals surface area contributed by atoms with Gasteiger partial charge in [-0.15, -0.1) is 0 Å². The lowest BCUT2D eigenvalue weighted by Crippen LogP contribution is -2.65. The summed E-state index contributed by atoms with van der Waals surface area (Å²) in [6, 6.07) is 3.82. The van der Waals surface area contributed by atoms with Gasteiger partial charge in [0, 0.05) is 26.2 Å². The van der Waals surface area contributed by atoms with E-state index in [2.05, 4.69) is 10.6 Å². The Morgan fingerprint density at radius 3 is 1.40 bits per heavy atom. The smallest absolute Gasteiger partial charge is 0.248 e. The molecule has 0 radical (unpaired) electrons. The van der Waals surface area contributed by atoms with E-state index in [1.54, 1.807) is 24.3 Å². The minimum atomic E-state index is -1.06. The number of piperazine rings is 2. The van der Waals surface area contributed by atoms with E-state index in [9.17, 15) is 39.0 Å². The van der Waals surface area contributed by atoms with Crippen molar-refractivity contribution in [2.45, 2.75) is 62.9 Å². The summed E-state index contributed by atoms with van der Waals surface area (Å²) in [5.74, 6) is -2.22. The van der Waals surface area contributed by atoms with Gasteiger partial charge in [-0.2, -0.15) is 0 Å². The van der Waals surface area contributed by atoms with Gasteiger partial charge in [0.05, 0.1) is 13.2 Å². The van der Waals surface area contributed by atoms with Crippen LogP contribution in [0.3, 0.4) is 0 Å². The topological polar surface area (TPSA) is 180 Å². The number of hydrogen-bond acceptors (Lipinski definition) is 8. The van der Waals surface area contributed by atoms with E-state index in [4.69, 9.17) is 0 Å². The molecular weight excluding hydrogens is 548 g/mol. The molecule has 226 valence electrons. The molecule has 0 unspecified atom stereocenters. The molecule has 4 aliphatic rings. The third-order valence-corrected chi connectivity index (χ3v) is 8.51. The summed E-state index contributed by atoms with van der Waals surface area (Å²) in [6.07, 6.45) is 2.52. The average molecular weight is 585 g/mol. The molecule has 0 aliphatic carbocycles. The number of aliphatic hydroxyl groups is 2. The van der Waals surface area contributed by atoms with Crippen LogP contribution in [0.5, 0.6) is 0 Å². The first kappa shape index (κ1) is 29.5. The van der Waals surface area contributed by atoms with Crippen LogP contribution >= 0.6 is 0 Å². The number of aliphatic hydroxyl groups excluding tert-OH is 2. The molecule has 4 aliphatic heterocycles. The van der Waals surface area contributed by atoms with E-state index in [0.29, 0.717) is 38.8 Å². The molecule has 4 saturated heterocycles. The molecule has 0 aromatic heterocycles. The van der Waals surface area contributed by atoms with E-state index >= 15 is 0 Å². The van der Waals surface area contributed by atoms with Crippen molar-refractivity contribution in [2.24, 2.45) is 0 Å². The summed E-state index contributed by atoms with van der Waals surface area (Å²) in [6.45, 7) is -0.447. The lowest BCUT2D eigenvalue weighted by molar-refractivity contribution is -0.162. The molecule has 6 amide bonds. The SMILES string of the molecule is O=C(CN1C(=O)[C@@H]2CCCN2C(=O)[C@@H]1CO)NCc1ccc(CNC(=O)CN2C(=O)[C@@H]3CCCN3C(=O)[C@@H]2CO)cc1. The van der Waals surface area contributed by atoms with E-state index in [1.807, 2.05) is 0 Å². The number of amides is 6. The van der Waals surface area contributed by atoms with Crippen molar-refractivity contribution in [2.75, 3.05) is 39.4 Å². The highest BCUT2D eigenvalue weighted by Gasteiger charge is 2.49. The first-order valence-corrected chi connectivity index (χ1v) is 14.3. The predicted octanol–water partition coefficient (Wildman–Crippen LogP) is -2.69. The van der Waals surface area contributed by atoms with Gasteiger partial charge in [0.2, 0.25) is 35.4 Å². The van der Waals surface area contributed by atoms with Gasteiger partial charge in [0.1, 0.15) is 37.3 Å². The maximum absolute atomic E-state index is 12.9. The number of benzene rings is 1.